The van der Waals surface area contributed by atoms with Gasteiger partial charge in [-0.2, -0.15) is 4.99 Å². The molecular weight excluding hydrogens is 330 g/mol. The highest BCUT2D eigenvalue weighted by atomic mass is 32.1. The number of nitrogens with one attached hydrogen (secondary N) is 1. The average molecular weight is 345 g/mol. The third-order valence-electron chi connectivity index (χ3n) is 3.58. The molecule has 0 aromatic carbocycles. The fourth-order valence-corrected chi connectivity index (χ4v) is 3.30. The first kappa shape index (κ1) is 16.2. The van der Waals surface area contributed by atoms with E-state index in [1.165, 1.54) is 17.6 Å². The zero-order valence-electron chi connectivity index (χ0n) is 13.1. The van der Waals surface area contributed by atoms with Crippen LogP contribution in [-0.2, 0) is 4.79 Å². The molecule has 0 bridgehead atoms. The van der Waals surface area contributed by atoms with Gasteiger partial charge in [-0.15, -0.1) is 11.3 Å². The normalized spacial score (nSPS) is 19.3. The Labute approximate surface area is 142 Å². The lowest BCUT2D eigenvalue weighted by molar-refractivity contribution is -0.129. The highest BCUT2D eigenvalue weighted by molar-refractivity contribution is 7.13. The minimum atomic E-state index is -0.655. The number of aromatic nitrogens is 1. The third-order valence-corrected chi connectivity index (χ3v) is 4.65. The van der Waals surface area contributed by atoms with Gasteiger partial charge in [-0.3, -0.25) is 14.5 Å². The molecule has 124 valence electrons. The topological polar surface area (TPSA) is 104 Å². The standard InChI is InChI=1S/C15H15N5O3S/c1-8-11(24-9(2)18-8)13(21)17-6-7-20-14(22)10-4-3-5-16-12(10)19-15(20)23/h3-5,10H,6-7H2,1-2H3,(H,17,21). The number of hydrogen-bond donors (Lipinski definition) is 1. The monoisotopic (exact) mass is 345 g/mol. The molecule has 1 aromatic heterocycles. The number of imide groups is 1. The maximum atomic E-state index is 12.4. The van der Waals surface area contributed by atoms with Gasteiger partial charge in [0.2, 0.25) is 5.91 Å². The van der Waals surface area contributed by atoms with E-state index in [0.29, 0.717) is 10.6 Å². The van der Waals surface area contributed by atoms with Gasteiger partial charge in [-0.1, -0.05) is 6.08 Å². The van der Waals surface area contributed by atoms with Gasteiger partial charge in [-0.05, 0) is 19.9 Å². The van der Waals surface area contributed by atoms with E-state index in [9.17, 15) is 14.4 Å². The Morgan fingerprint density at radius 2 is 2.17 bits per heavy atom. The summed E-state index contributed by atoms with van der Waals surface area (Å²) in [6, 6.07) is -0.655. The Bertz CT molecular complexity index is 808. The lowest BCUT2D eigenvalue weighted by Crippen LogP contribution is -2.48. The summed E-state index contributed by atoms with van der Waals surface area (Å²) in [6.45, 7) is 3.81. The van der Waals surface area contributed by atoms with Gasteiger partial charge >= 0.3 is 6.03 Å². The second-order valence-electron chi connectivity index (χ2n) is 5.29. The molecule has 0 spiro atoms. The maximum Gasteiger partial charge on any atom is 0.352 e. The highest BCUT2D eigenvalue weighted by Crippen LogP contribution is 2.19. The number of carbonyl (C=O) groups is 3. The molecule has 1 unspecified atom stereocenters. The third kappa shape index (κ3) is 3.02. The van der Waals surface area contributed by atoms with Gasteiger partial charge in [0.15, 0.2) is 0 Å². The number of allylic oxidation sites excluding steroid dienone is 1. The molecule has 9 heteroatoms. The summed E-state index contributed by atoms with van der Waals surface area (Å²) in [4.78, 5) is 50.0. The lowest BCUT2D eigenvalue weighted by atomic mass is 10.0. The van der Waals surface area contributed by atoms with E-state index in [0.717, 1.165) is 9.91 Å². The minimum absolute atomic E-state index is 0.0606. The van der Waals surface area contributed by atoms with Gasteiger partial charge in [0.05, 0.1) is 10.7 Å². The Balaban J connectivity index is 1.62. The van der Waals surface area contributed by atoms with Gasteiger partial charge in [0, 0.05) is 19.3 Å². The smallest absolute Gasteiger partial charge is 0.349 e. The summed E-state index contributed by atoms with van der Waals surface area (Å²) < 4.78 is 0. The highest BCUT2D eigenvalue weighted by Gasteiger charge is 2.36. The molecule has 1 aromatic rings. The van der Waals surface area contributed by atoms with Crippen LogP contribution in [0, 0.1) is 19.8 Å². The van der Waals surface area contributed by atoms with Crippen molar-refractivity contribution in [2.45, 2.75) is 13.8 Å². The molecule has 0 saturated carbocycles. The zero-order chi connectivity index (χ0) is 17.3. The summed E-state index contributed by atoms with van der Waals surface area (Å²) in [7, 11) is 0. The van der Waals surface area contributed by atoms with Crippen LogP contribution in [0.2, 0.25) is 0 Å². The van der Waals surface area contributed by atoms with Gasteiger partial charge in [0.1, 0.15) is 16.6 Å². The molecule has 0 aliphatic carbocycles. The van der Waals surface area contributed by atoms with Crippen LogP contribution < -0.4 is 5.32 Å². The van der Waals surface area contributed by atoms with E-state index in [-0.39, 0.29) is 30.7 Å². The Morgan fingerprint density at radius 3 is 2.88 bits per heavy atom. The number of aryl methyl sites for hydroxylation is 2. The van der Waals surface area contributed by atoms with Crippen molar-refractivity contribution in [3.05, 3.63) is 27.7 Å². The number of nitrogens with zero attached hydrogens (tertiary/aromatic N) is 4. The van der Waals surface area contributed by atoms with E-state index in [4.69, 9.17) is 0 Å². The number of amidine groups is 1. The van der Waals surface area contributed by atoms with Crippen molar-refractivity contribution in [2.75, 3.05) is 13.1 Å². The number of dihydropyridines is 1. The van der Waals surface area contributed by atoms with Crippen LogP contribution >= 0.6 is 11.3 Å². The molecule has 2 aliphatic rings. The largest absolute Gasteiger partial charge is 0.352 e. The predicted molar refractivity (Wildman–Crippen MR) is 89.6 cm³/mol. The first-order valence-corrected chi connectivity index (χ1v) is 8.16. The number of fused-ring (bicyclic) bond motifs is 1. The van der Waals surface area contributed by atoms with Crippen LogP contribution in [0.5, 0.6) is 0 Å². The van der Waals surface area contributed by atoms with E-state index in [1.807, 2.05) is 6.92 Å². The lowest BCUT2D eigenvalue weighted by Gasteiger charge is -2.27. The molecule has 0 saturated heterocycles. The molecule has 0 radical (unpaired) electrons. The maximum absolute atomic E-state index is 12.4. The van der Waals surface area contributed by atoms with Gasteiger partial charge in [0.25, 0.3) is 5.91 Å². The summed E-state index contributed by atoms with van der Waals surface area (Å²) in [5, 5.41) is 3.51. The van der Waals surface area contributed by atoms with Crippen LogP contribution in [0.4, 0.5) is 4.79 Å². The van der Waals surface area contributed by atoms with E-state index in [2.05, 4.69) is 20.3 Å². The van der Waals surface area contributed by atoms with Crippen molar-refractivity contribution in [3.8, 4) is 0 Å². The fourth-order valence-electron chi connectivity index (χ4n) is 2.47. The molecule has 3 rings (SSSR count). The summed E-state index contributed by atoms with van der Waals surface area (Å²) in [6.07, 6.45) is 4.78. The average Bonchev–Trinajstić information content (AvgIpc) is 2.89. The number of rotatable bonds is 4. The molecule has 1 N–H and O–H groups in total. The van der Waals surface area contributed by atoms with Gasteiger partial charge in [-0.25, -0.2) is 14.8 Å². The molecule has 0 fully saturated rings. The predicted octanol–water partition coefficient (Wildman–Crippen LogP) is 1.11. The van der Waals surface area contributed by atoms with Crippen LogP contribution in [0.25, 0.3) is 0 Å². The number of amides is 4. The summed E-state index contributed by atoms with van der Waals surface area (Å²) >= 11 is 1.31. The van der Waals surface area contributed by atoms with Crippen molar-refractivity contribution < 1.29 is 14.4 Å². The Morgan fingerprint density at radius 1 is 1.38 bits per heavy atom. The number of urea groups is 1. The number of thiazole rings is 1. The number of aliphatic imine (C=N–C) groups is 2. The molecule has 24 heavy (non-hydrogen) atoms. The SMILES string of the molecule is Cc1nc(C)c(C(=O)NCCN2C(=O)N=C3N=CC=CC3C2=O)s1. The summed E-state index contributed by atoms with van der Waals surface area (Å²) in [5.74, 6) is -1.06. The first-order chi connectivity index (χ1) is 11.5. The van der Waals surface area contributed by atoms with Gasteiger partial charge < -0.3 is 5.32 Å². The van der Waals surface area contributed by atoms with Crippen molar-refractivity contribution in [1.82, 2.24) is 15.2 Å². The molecule has 3 heterocycles. The van der Waals surface area contributed by atoms with E-state index >= 15 is 0 Å². The van der Waals surface area contributed by atoms with Crippen molar-refractivity contribution in [2.24, 2.45) is 15.9 Å². The number of hydrogen-bond acceptors (Lipinski definition) is 6. The molecule has 2 aliphatic heterocycles. The number of carbonyl (C=O) groups excluding carboxylic acids is 3. The minimum Gasteiger partial charge on any atom is -0.349 e. The van der Waals surface area contributed by atoms with Crippen molar-refractivity contribution in [1.29, 1.82) is 0 Å². The van der Waals surface area contributed by atoms with Crippen LogP contribution in [0.15, 0.2) is 22.1 Å². The fraction of sp³-hybridized carbons (Fsp3) is 0.333. The molecule has 4 amide bonds. The zero-order valence-corrected chi connectivity index (χ0v) is 14.0. The van der Waals surface area contributed by atoms with Crippen molar-refractivity contribution in [3.63, 3.8) is 0 Å². The second-order valence-corrected chi connectivity index (χ2v) is 6.49. The van der Waals surface area contributed by atoms with Crippen molar-refractivity contribution >= 4 is 41.2 Å². The molecular formula is C15H15N5O3S. The second kappa shape index (κ2) is 6.44. The molecule has 8 nitrogen and oxygen atoms in total. The van der Waals surface area contributed by atoms with Crippen LogP contribution in [0.1, 0.15) is 20.4 Å². The Kier molecular flexibility index (Phi) is 4.34. The van der Waals surface area contributed by atoms with E-state index < -0.39 is 11.9 Å². The Hall–Kier alpha value is -2.68. The van der Waals surface area contributed by atoms with Crippen LogP contribution in [0.3, 0.4) is 0 Å². The summed E-state index contributed by atoms with van der Waals surface area (Å²) in [5.41, 5.74) is 0.666. The molecule has 1 atom stereocenters. The van der Waals surface area contributed by atoms with E-state index in [1.54, 1.807) is 19.1 Å². The first-order valence-electron chi connectivity index (χ1n) is 7.34. The quantitative estimate of drug-likeness (QED) is 0.882. The van der Waals surface area contributed by atoms with Crippen LogP contribution in [-0.4, -0.2) is 52.9 Å².